The topological polar surface area (TPSA) is 60.9 Å². The lowest BCUT2D eigenvalue weighted by atomic mass is 10.2. The second-order valence-corrected chi connectivity index (χ2v) is 4.25. The summed E-state index contributed by atoms with van der Waals surface area (Å²) in [5, 5.41) is 8.47. The van der Waals surface area contributed by atoms with E-state index in [9.17, 15) is 22.8 Å². The zero-order chi connectivity index (χ0) is 14.7. The first-order chi connectivity index (χ1) is 7.98. The average Bonchev–Trinajstić information content (AvgIpc) is 2.20. The molecule has 0 saturated heterocycles. The third-order valence-electron chi connectivity index (χ3n) is 2.59. The van der Waals surface area contributed by atoms with E-state index in [1.807, 2.05) is 0 Å². The van der Waals surface area contributed by atoms with Gasteiger partial charge in [-0.3, -0.25) is 4.79 Å². The molecule has 2 amide bonds. The summed E-state index contributed by atoms with van der Waals surface area (Å²) in [6, 6.07) is -3.48. The summed E-state index contributed by atoms with van der Waals surface area (Å²) >= 11 is 0. The van der Waals surface area contributed by atoms with Crippen LogP contribution in [-0.2, 0) is 4.79 Å². The lowest BCUT2D eigenvalue weighted by Gasteiger charge is -2.33. The normalized spacial score (nSPS) is 13.3. The fourth-order valence-electron chi connectivity index (χ4n) is 1.24. The van der Waals surface area contributed by atoms with Gasteiger partial charge in [0.05, 0.1) is 6.42 Å². The van der Waals surface area contributed by atoms with E-state index in [-0.39, 0.29) is 6.04 Å². The molecular weight excluding hydrogens is 253 g/mol. The highest BCUT2D eigenvalue weighted by Crippen LogP contribution is 2.27. The maximum Gasteiger partial charge on any atom is 0.409 e. The molecule has 0 bridgehead atoms. The lowest BCUT2D eigenvalue weighted by molar-refractivity contribution is -0.182. The van der Waals surface area contributed by atoms with E-state index in [1.54, 1.807) is 13.8 Å². The second-order valence-electron chi connectivity index (χ2n) is 4.25. The molecule has 0 heterocycles. The predicted molar refractivity (Wildman–Crippen MR) is 58.2 cm³/mol. The Morgan fingerprint density at radius 3 is 1.89 bits per heavy atom. The highest BCUT2D eigenvalue weighted by molar-refractivity contribution is 5.76. The van der Waals surface area contributed by atoms with Crippen LogP contribution in [0.25, 0.3) is 0 Å². The minimum atomic E-state index is -4.78. The van der Waals surface area contributed by atoms with Crippen molar-refractivity contribution in [3.8, 4) is 0 Å². The fraction of sp³-hybridized carbons (Fsp3) is 0.800. The van der Waals surface area contributed by atoms with Crippen LogP contribution in [0.15, 0.2) is 0 Å². The number of rotatable bonds is 4. The zero-order valence-electron chi connectivity index (χ0n) is 10.7. The summed E-state index contributed by atoms with van der Waals surface area (Å²) in [5.41, 5.74) is 0. The molecular formula is C10H17F3N2O3. The van der Waals surface area contributed by atoms with Crippen molar-refractivity contribution in [1.29, 1.82) is 0 Å². The van der Waals surface area contributed by atoms with E-state index in [2.05, 4.69) is 0 Å². The van der Waals surface area contributed by atoms with Crippen LogP contribution >= 0.6 is 0 Å². The maximum absolute atomic E-state index is 12.7. The largest absolute Gasteiger partial charge is 0.481 e. The van der Waals surface area contributed by atoms with Gasteiger partial charge in [-0.15, -0.1) is 0 Å². The Morgan fingerprint density at radius 1 is 1.17 bits per heavy atom. The Morgan fingerprint density at radius 2 is 1.61 bits per heavy atom. The molecule has 1 unspecified atom stereocenters. The highest BCUT2D eigenvalue weighted by atomic mass is 19.4. The number of carbonyl (C=O) groups excluding carboxylic acids is 1. The first kappa shape index (κ1) is 16.5. The molecule has 1 N–H and O–H groups in total. The Kier molecular flexibility index (Phi) is 5.44. The number of hydrogen-bond donors (Lipinski definition) is 1. The summed E-state index contributed by atoms with van der Waals surface area (Å²) in [7, 11) is 2.31. The Labute approximate surface area is 103 Å². The van der Waals surface area contributed by atoms with E-state index in [0.717, 1.165) is 11.9 Å². The van der Waals surface area contributed by atoms with Crippen LogP contribution < -0.4 is 0 Å². The van der Waals surface area contributed by atoms with Gasteiger partial charge in [0.15, 0.2) is 0 Å². The number of carboxylic acids is 1. The molecule has 8 heteroatoms. The van der Waals surface area contributed by atoms with Gasteiger partial charge >= 0.3 is 18.2 Å². The minimum Gasteiger partial charge on any atom is -0.481 e. The van der Waals surface area contributed by atoms with E-state index < -0.39 is 30.6 Å². The van der Waals surface area contributed by atoms with Crippen molar-refractivity contribution >= 4 is 12.0 Å². The smallest absolute Gasteiger partial charge is 0.409 e. The SMILES string of the molecule is CC(C)N(C)C(=O)N(C)C(CC(=O)O)C(F)(F)F. The molecule has 0 rings (SSSR count). The lowest BCUT2D eigenvalue weighted by Crippen LogP contribution is -2.52. The minimum absolute atomic E-state index is 0.279. The van der Waals surface area contributed by atoms with Gasteiger partial charge in [0.1, 0.15) is 6.04 Å². The molecule has 0 aliphatic heterocycles. The molecule has 18 heavy (non-hydrogen) atoms. The standard InChI is InChI=1S/C10H17F3N2O3/c1-6(2)14(3)9(18)15(4)7(5-8(16)17)10(11,12)13/h6-7H,5H2,1-4H3,(H,16,17). The number of hydrogen-bond acceptors (Lipinski definition) is 2. The summed E-state index contributed by atoms with van der Waals surface area (Å²) in [6.07, 6.45) is -5.95. The van der Waals surface area contributed by atoms with E-state index in [0.29, 0.717) is 4.90 Å². The van der Waals surface area contributed by atoms with Crippen molar-refractivity contribution < 1.29 is 27.9 Å². The van der Waals surface area contributed by atoms with Crippen LogP contribution in [0.2, 0.25) is 0 Å². The van der Waals surface area contributed by atoms with Gasteiger partial charge in [-0.1, -0.05) is 0 Å². The van der Waals surface area contributed by atoms with Gasteiger partial charge in [-0.2, -0.15) is 13.2 Å². The first-order valence-corrected chi connectivity index (χ1v) is 5.26. The van der Waals surface area contributed by atoms with Crippen LogP contribution in [0.5, 0.6) is 0 Å². The van der Waals surface area contributed by atoms with Crippen LogP contribution in [0.1, 0.15) is 20.3 Å². The van der Waals surface area contributed by atoms with E-state index in [1.165, 1.54) is 7.05 Å². The summed E-state index contributed by atoms with van der Waals surface area (Å²) in [4.78, 5) is 23.7. The van der Waals surface area contributed by atoms with Crippen molar-refractivity contribution in [3.63, 3.8) is 0 Å². The van der Waals surface area contributed by atoms with Gasteiger partial charge < -0.3 is 14.9 Å². The van der Waals surface area contributed by atoms with Gasteiger partial charge in [-0.25, -0.2) is 4.79 Å². The maximum atomic E-state index is 12.7. The molecule has 0 aromatic rings. The highest BCUT2D eigenvalue weighted by Gasteiger charge is 2.46. The van der Waals surface area contributed by atoms with Crippen LogP contribution in [0.4, 0.5) is 18.0 Å². The van der Waals surface area contributed by atoms with Crippen molar-refractivity contribution in [2.45, 2.75) is 38.5 Å². The molecule has 0 aromatic heterocycles. The van der Waals surface area contributed by atoms with E-state index >= 15 is 0 Å². The third-order valence-corrected chi connectivity index (χ3v) is 2.59. The molecule has 1 atom stereocenters. The van der Waals surface area contributed by atoms with Crippen molar-refractivity contribution in [3.05, 3.63) is 0 Å². The van der Waals surface area contributed by atoms with Crippen molar-refractivity contribution in [2.75, 3.05) is 14.1 Å². The number of nitrogens with zero attached hydrogens (tertiary/aromatic N) is 2. The van der Waals surface area contributed by atoms with Crippen LogP contribution in [0, 0.1) is 0 Å². The molecule has 0 fully saturated rings. The number of aliphatic carboxylic acids is 1. The van der Waals surface area contributed by atoms with E-state index in [4.69, 9.17) is 5.11 Å². The number of carbonyl (C=O) groups is 2. The van der Waals surface area contributed by atoms with Gasteiger partial charge in [0.2, 0.25) is 0 Å². The van der Waals surface area contributed by atoms with Gasteiger partial charge in [0.25, 0.3) is 0 Å². The number of halogens is 3. The summed E-state index contributed by atoms with van der Waals surface area (Å²) in [5.74, 6) is -1.61. The zero-order valence-corrected chi connectivity index (χ0v) is 10.7. The quantitative estimate of drug-likeness (QED) is 0.847. The summed E-state index contributed by atoms with van der Waals surface area (Å²) < 4.78 is 38.0. The molecule has 0 aliphatic rings. The predicted octanol–water partition coefficient (Wildman–Crippen LogP) is 1.78. The molecule has 0 saturated carbocycles. The van der Waals surface area contributed by atoms with Gasteiger partial charge in [0, 0.05) is 20.1 Å². The number of alkyl halides is 3. The third kappa shape index (κ3) is 4.42. The van der Waals surface area contributed by atoms with Crippen molar-refractivity contribution in [1.82, 2.24) is 9.80 Å². The first-order valence-electron chi connectivity index (χ1n) is 5.26. The number of carboxylic acid groups (broad SMARTS) is 1. The Balaban J connectivity index is 5.02. The average molecular weight is 270 g/mol. The monoisotopic (exact) mass is 270 g/mol. The molecule has 5 nitrogen and oxygen atoms in total. The molecule has 0 spiro atoms. The molecule has 0 radical (unpaired) electrons. The Bertz CT molecular complexity index is 318. The number of amides is 2. The Hall–Kier alpha value is -1.47. The summed E-state index contributed by atoms with van der Waals surface area (Å²) in [6.45, 7) is 3.29. The number of urea groups is 1. The fourth-order valence-corrected chi connectivity index (χ4v) is 1.24. The van der Waals surface area contributed by atoms with Crippen LogP contribution in [-0.4, -0.2) is 59.3 Å². The molecule has 0 aromatic carbocycles. The van der Waals surface area contributed by atoms with Crippen LogP contribution in [0.3, 0.4) is 0 Å². The molecule has 106 valence electrons. The second kappa shape index (κ2) is 5.92. The van der Waals surface area contributed by atoms with Crippen molar-refractivity contribution in [2.24, 2.45) is 0 Å². The van der Waals surface area contributed by atoms with Gasteiger partial charge in [-0.05, 0) is 13.8 Å². The molecule has 0 aliphatic carbocycles.